The van der Waals surface area contributed by atoms with E-state index in [1.165, 1.54) is 99.8 Å². The molecule has 2 fully saturated rings. The third-order valence-electron chi connectivity index (χ3n) is 6.45. The van der Waals surface area contributed by atoms with E-state index in [2.05, 4.69) is 58.3 Å². The van der Waals surface area contributed by atoms with Crippen molar-refractivity contribution in [2.24, 2.45) is 0 Å². The van der Waals surface area contributed by atoms with Gasteiger partial charge in [0, 0.05) is 13.1 Å². The summed E-state index contributed by atoms with van der Waals surface area (Å²) in [6, 6.07) is 18.5. The minimum absolute atomic E-state index is 1.11. The first-order valence-electron chi connectivity index (χ1n) is 11.5. The summed E-state index contributed by atoms with van der Waals surface area (Å²) in [5.41, 5.74) is 5.56. The summed E-state index contributed by atoms with van der Waals surface area (Å²) in [5.74, 6) is 0. The van der Waals surface area contributed by atoms with Gasteiger partial charge < -0.3 is 0 Å². The maximum Gasteiger partial charge on any atom is 0.0233 e. The van der Waals surface area contributed by atoms with Crippen LogP contribution in [0.5, 0.6) is 0 Å². The zero-order chi connectivity index (χ0) is 19.0. The second-order valence-electron chi connectivity index (χ2n) is 8.77. The average molecular weight is 377 g/mol. The lowest BCUT2D eigenvalue weighted by atomic mass is 10.0. The maximum absolute atomic E-state index is 2.62. The number of hydrogen-bond donors (Lipinski definition) is 0. The Labute approximate surface area is 171 Å². The fourth-order valence-corrected chi connectivity index (χ4v) is 4.71. The van der Waals surface area contributed by atoms with Gasteiger partial charge in [-0.05, 0) is 74.1 Å². The minimum atomic E-state index is 1.11. The molecule has 0 atom stereocenters. The SMILES string of the molecule is c1cc(-c2ccc(CN3CCCCCC3)cc2)ccc1CN1CCCCCC1. The van der Waals surface area contributed by atoms with Gasteiger partial charge in [0.1, 0.15) is 0 Å². The van der Waals surface area contributed by atoms with Gasteiger partial charge >= 0.3 is 0 Å². The van der Waals surface area contributed by atoms with E-state index in [0.717, 1.165) is 13.1 Å². The molecule has 0 N–H and O–H groups in total. The van der Waals surface area contributed by atoms with E-state index < -0.39 is 0 Å². The molecule has 2 aromatic carbocycles. The van der Waals surface area contributed by atoms with Crippen LogP contribution in [0.15, 0.2) is 48.5 Å². The summed E-state index contributed by atoms with van der Waals surface area (Å²) in [5, 5.41) is 0. The molecule has 2 aliphatic heterocycles. The Morgan fingerprint density at radius 3 is 1.07 bits per heavy atom. The van der Waals surface area contributed by atoms with Crippen LogP contribution in [-0.4, -0.2) is 36.0 Å². The van der Waals surface area contributed by atoms with Crippen LogP contribution in [0.3, 0.4) is 0 Å². The average Bonchev–Trinajstić information content (AvgIpc) is 3.14. The predicted molar refractivity (Wildman–Crippen MR) is 119 cm³/mol. The number of rotatable bonds is 5. The first-order valence-corrected chi connectivity index (χ1v) is 11.5. The molecular weight excluding hydrogens is 340 g/mol. The molecule has 0 bridgehead atoms. The molecular formula is C26H36N2. The highest BCUT2D eigenvalue weighted by atomic mass is 15.1. The van der Waals surface area contributed by atoms with E-state index in [-0.39, 0.29) is 0 Å². The third-order valence-corrected chi connectivity index (χ3v) is 6.45. The van der Waals surface area contributed by atoms with Crippen molar-refractivity contribution >= 4 is 0 Å². The maximum atomic E-state index is 2.62. The molecule has 0 radical (unpaired) electrons. The molecule has 0 aliphatic carbocycles. The highest BCUT2D eigenvalue weighted by molar-refractivity contribution is 5.63. The van der Waals surface area contributed by atoms with Crippen molar-refractivity contribution in [3.63, 3.8) is 0 Å². The highest BCUT2D eigenvalue weighted by Gasteiger charge is 2.11. The molecule has 0 unspecified atom stereocenters. The topological polar surface area (TPSA) is 6.48 Å². The Morgan fingerprint density at radius 2 is 0.750 bits per heavy atom. The fourth-order valence-electron chi connectivity index (χ4n) is 4.71. The van der Waals surface area contributed by atoms with Crippen LogP contribution in [0.1, 0.15) is 62.5 Å². The van der Waals surface area contributed by atoms with Crippen molar-refractivity contribution in [3.05, 3.63) is 59.7 Å². The normalized spacial score (nSPS) is 19.9. The van der Waals surface area contributed by atoms with E-state index >= 15 is 0 Å². The number of likely N-dealkylation sites (tertiary alicyclic amines) is 2. The van der Waals surface area contributed by atoms with Gasteiger partial charge in [0.2, 0.25) is 0 Å². The summed E-state index contributed by atoms with van der Waals surface area (Å²) in [4.78, 5) is 5.25. The summed E-state index contributed by atoms with van der Waals surface area (Å²) >= 11 is 0. The number of hydrogen-bond acceptors (Lipinski definition) is 2. The zero-order valence-corrected chi connectivity index (χ0v) is 17.4. The van der Waals surface area contributed by atoms with Crippen LogP contribution in [0.2, 0.25) is 0 Å². The second kappa shape index (κ2) is 10.2. The van der Waals surface area contributed by atoms with Gasteiger partial charge in [0.25, 0.3) is 0 Å². The van der Waals surface area contributed by atoms with Crippen molar-refractivity contribution in [2.75, 3.05) is 26.2 Å². The molecule has 0 saturated carbocycles. The van der Waals surface area contributed by atoms with Gasteiger partial charge in [0.05, 0.1) is 0 Å². The Hall–Kier alpha value is -1.64. The molecule has 2 heteroatoms. The largest absolute Gasteiger partial charge is 0.299 e. The molecule has 2 nitrogen and oxygen atoms in total. The van der Waals surface area contributed by atoms with E-state index in [4.69, 9.17) is 0 Å². The van der Waals surface area contributed by atoms with Gasteiger partial charge in [-0.1, -0.05) is 74.2 Å². The molecule has 2 heterocycles. The lowest BCUT2D eigenvalue weighted by Gasteiger charge is -2.20. The van der Waals surface area contributed by atoms with Gasteiger partial charge in [0.15, 0.2) is 0 Å². The minimum Gasteiger partial charge on any atom is -0.299 e. The van der Waals surface area contributed by atoms with Crippen LogP contribution < -0.4 is 0 Å². The van der Waals surface area contributed by atoms with Gasteiger partial charge in [-0.25, -0.2) is 0 Å². The summed E-state index contributed by atoms with van der Waals surface area (Å²) in [6.45, 7) is 7.27. The van der Waals surface area contributed by atoms with E-state index in [1.54, 1.807) is 0 Å². The zero-order valence-electron chi connectivity index (χ0n) is 17.4. The first-order chi connectivity index (χ1) is 13.9. The van der Waals surface area contributed by atoms with Crippen LogP contribution >= 0.6 is 0 Å². The molecule has 0 spiro atoms. The monoisotopic (exact) mass is 376 g/mol. The van der Waals surface area contributed by atoms with E-state index in [1.807, 2.05) is 0 Å². The Bertz CT molecular complexity index is 625. The van der Waals surface area contributed by atoms with Crippen molar-refractivity contribution in [2.45, 2.75) is 64.5 Å². The van der Waals surface area contributed by atoms with E-state index in [9.17, 15) is 0 Å². The van der Waals surface area contributed by atoms with Gasteiger partial charge in [-0.2, -0.15) is 0 Å². The Kier molecular flexibility index (Phi) is 7.18. The number of nitrogens with zero attached hydrogens (tertiary/aromatic N) is 2. The lowest BCUT2D eigenvalue weighted by molar-refractivity contribution is 0.277. The summed E-state index contributed by atoms with van der Waals surface area (Å²) < 4.78 is 0. The van der Waals surface area contributed by atoms with Crippen LogP contribution in [-0.2, 0) is 13.1 Å². The van der Waals surface area contributed by atoms with Crippen molar-refractivity contribution in [1.82, 2.24) is 9.80 Å². The number of benzene rings is 2. The second-order valence-corrected chi connectivity index (χ2v) is 8.77. The summed E-state index contributed by atoms with van der Waals surface area (Å²) in [6.07, 6.45) is 11.1. The first kappa shape index (κ1) is 19.7. The van der Waals surface area contributed by atoms with Crippen molar-refractivity contribution in [1.29, 1.82) is 0 Å². The van der Waals surface area contributed by atoms with Crippen molar-refractivity contribution < 1.29 is 0 Å². The molecule has 0 aromatic heterocycles. The molecule has 2 aliphatic rings. The summed E-state index contributed by atoms with van der Waals surface area (Å²) in [7, 11) is 0. The molecule has 0 amide bonds. The molecule has 150 valence electrons. The molecule has 2 aromatic rings. The fraction of sp³-hybridized carbons (Fsp3) is 0.538. The Morgan fingerprint density at radius 1 is 0.429 bits per heavy atom. The lowest BCUT2D eigenvalue weighted by Crippen LogP contribution is -2.23. The Balaban J connectivity index is 1.34. The van der Waals surface area contributed by atoms with Crippen LogP contribution in [0.25, 0.3) is 11.1 Å². The van der Waals surface area contributed by atoms with Crippen LogP contribution in [0.4, 0.5) is 0 Å². The third kappa shape index (κ3) is 5.68. The molecule has 28 heavy (non-hydrogen) atoms. The highest BCUT2D eigenvalue weighted by Crippen LogP contribution is 2.22. The standard InChI is InChI=1S/C26H36N2/c1-2-6-18-27(17-5-1)21-23-9-13-25(14-10-23)26-15-11-24(12-16-26)22-28-19-7-3-4-8-20-28/h9-16H,1-8,17-22H2. The van der Waals surface area contributed by atoms with Gasteiger partial charge in [-0.3, -0.25) is 9.80 Å². The predicted octanol–water partition coefficient (Wildman–Crippen LogP) is 6.11. The molecule has 4 rings (SSSR count). The van der Waals surface area contributed by atoms with E-state index in [0.29, 0.717) is 0 Å². The smallest absolute Gasteiger partial charge is 0.0233 e. The van der Waals surface area contributed by atoms with Gasteiger partial charge in [-0.15, -0.1) is 0 Å². The quantitative estimate of drug-likeness (QED) is 0.621. The van der Waals surface area contributed by atoms with Crippen molar-refractivity contribution in [3.8, 4) is 11.1 Å². The van der Waals surface area contributed by atoms with Crippen LogP contribution in [0, 0.1) is 0 Å². The molecule has 2 saturated heterocycles.